The predicted molar refractivity (Wildman–Crippen MR) is 53.5 cm³/mol. The normalized spacial score (nSPS) is 10.9. The predicted octanol–water partition coefficient (Wildman–Crippen LogP) is 0.899. The van der Waals surface area contributed by atoms with E-state index in [9.17, 15) is 8.42 Å². The lowest BCUT2D eigenvalue weighted by Gasteiger charge is -2.07. The lowest BCUT2D eigenvalue weighted by atomic mass is 10.3. The summed E-state index contributed by atoms with van der Waals surface area (Å²) in [6, 6.07) is 6.20. The van der Waals surface area contributed by atoms with Crippen molar-refractivity contribution < 1.29 is 13.2 Å². The van der Waals surface area contributed by atoms with E-state index in [1.807, 2.05) is 0 Å². The highest BCUT2D eigenvalue weighted by atomic mass is 32.2. The molecule has 0 aliphatic rings. The van der Waals surface area contributed by atoms with Crippen molar-refractivity contribution in [1.29, 1.82) is 0 Å². The molecule has 0 aliphatic carbocycles. The van der Waals surface area contributed by atoms with Gasteiger partial charge in [-0.05, 0) is 12.1 Å². The van der Waals surface area contributed by atoms with Gasteiger partial charge in [-0.2, -0.15) is 0 Å². The van der Waals surface area contributed by atoms with Crippen molar-refractivity contribution >= 4 is 10.0 Å². The lowest BCUT2D eigenvalue weighted by molar-refractivity contribution is 0.353. The molecule has 0 spiro atoms. The summed E-state index contributed by atoms with van der Waals surface area (Å²) in [6.07, 6.45) is 1.53. The second kappa shape index (κ2) is 4.26. The Balaban J connectivity index is 3.10. The molecule has 2 N–H and O–H groups in total. The Morgan fingerprint density at radius 2 is 2.07 bits per heavy atom. The molecule has 5 heteroatoms. The number of ether oxygens (including phenoxy) is 1. The molecular formula is C9H11NO3S. The standard InChI is InChI=1S/C9H11NO3S/c1-2-7-13-8-5-3-4-6-9(8)14(10,11)12/h2-6H,1,7H2,(H2,10,11,12). The number of para-hydroxylation sites is 1. The van der Waals surface area contributed by atoms with Crippen molar-refractivity contribution in [2.24, 2.45) is 5.14 Å². The maximum atomic E-state index is 11.1. The maximum Gasteiger partial charge on any atom is 0.241 e. The van der Waals surface area contributed by atoms with E-state index in [2.05, 4.69) is 6.58 Å². The topological polar surface area (TPSA) is 69.4 Å². The largest absolute Gasteiger partial charge is 0.488 e. The van der Waals surface area contributed by atoms with E-state index >= 15 is 0 Å². The monoisotopic (exact) mass is 213 g/mol. The Labute approximate surface area is 83.1 Å². The summed E-state index contributed by atoms with van der Waals surface area (Å²) in [6.45, 7) is 3.70. The highest BCUT2D eigenvalue weighted by molar-refractivity contribution is 7.89. The number of hydrogen-bond donors (Lipinski definition) is 1. The molecule has 0 saturated carbocycles. The minimum Gasteiger partial charge on any atom is -0.488 e. The van der Waals surface area contributed by atoms with Crippen LogP contribution >= 0.6 is 0 Å². The molecule has 4 nitrogen and oxygen atoms in total. The molecule has 0 unspecified atom stereocenters. The van der Waals surface area contributed by atoms with Crippen LogP contribution in [0.5, 0.6) is 5.75 Å². The first-order chi connectivity index (χ1) is 6.55. The summed E-state index contributed by atoms with van der Waals surface area (Å²) < 4.78 is 27.3. The van der Waals surface area contributed by atoms with Crippen LogP contribution in [-0.4, -0.2) is 15.0 Å². The zero-order valence-corrected chi connectivity index (χ0v) is 8.33. The van der Waals surface area contributed by atoms with Gasteiger partial charge in [0.15, 0.2) is 0 Å². The van der Waals surface area contributed by atoms with E-state index in [1.54, 1.807) is 18.2 Å². The third kappa shape index (κ3) is 2.58. The van der Waals surface area contributed by atoms with Crippen LogP contribution in [0, 0.1) is 0 Å². The molecule has 14 heavy (non-hydrogen) atoms. The van der Waals surface area contributed by atoms with Gasteiger partial charge in [0.1, 0.15) is 17.3 Å². The van der Waals surface area contributed by atoms with Gasteiger partial charge < -0.3 is 4.74 Å². The molecule has 0 aromatic heterocycles. The van der Waals surface area contributed by atoms with E-state index in [1.165, 1.54) is 12.1 Å². The first-order valence-electron chi connectivity index (χ1n) is 3.91. The highest BCUT2D eigenvalue weighted by Gasteiger charge is 2.13. The molecule has 0 fully saturated rings. The van der Waals surface area contributed by atoms with E-state index in [0.717, 1.165) is 0 Å². The summed E-state index contributed by atoms with van der Waals surface area (Å²) in [5, 5.41) is 5.00. The van der Waals surface area contributed by atoms with Crippen LogP contribution < -0.4 is 9.88 Å². The SMILES string of the molecule is C=CCOc1ccccc1S(N)(=O)=O. The Kier molecular flexibility index (Phi) is 3.27. The molecule has 0 radical (unpaired) electrons. The molecule has 1 aromatic carbocycles. The molecule has 0 saturated heterocycles. The molecule has 0 amide bonds. The van der Waals surface area contributed by atoms with Gasteiger partial charge in [0.05, 0.1) is 0 Å². The van der Waals surface area contributed by atoms with Gasteiger partial charge in [-0.25, -0.2) is 13.6 Å². The molecule has 0 atom stereocenters. The van der Waals surface area contributed by atoms with Crippen LogP contribution in [0.3, 0.4) is 0 Å². The van der Waals surface area contributed by atoms with Crippen molar-refractivity contribution in [3.63, 3.8) is 0 Å². The molecule has 0 aliphatic heterocycles. The second-order valence-electron chi connectivity index (χ2n) is 2.59. The fourth-order valence-electron chi connectivity index (χ4n) is 0.953. The summed E-state index contributed by atoms with van der Waals surface area (Å²) >= 11 is 0. The van der Waals surface area contributed by atoms with Crippen molar-refractivity contribution in [2.75, 3.05) is 6.61 Å². The third-order valence-corrected chi connectivity index (χ3v) is 2.46. The average Bonchev–Trinajstić information content (AvgIpc) is 2.14. The Morgan fingerprint density at radius 3 is 2.64 bits per heavy atom. The highest BCUT2D eigenvalue weighted by Crippen LogP contribution is 2.21. The van der Waals surface area contributed by atoms with E-state index < -0.39 is 10.0 Å². The zero-order valence-electron chi connectivity index (χ0n) is 7.51. The smallest absolute Gasteiger partial charge is 0.241 e. The van der Waals surface area contributed by atoms with Crippen molar-refractivity contribution in [3.05, 3.63) is 36.9 Å². The van der Waals surface area contributed by atoms with Gasteiger partial charge in [0.25, 0.3) is 0 Å². The summed E-state index contributed by atoms with van der Waals surface area (Å²) in [7, 11) is -3.72. The Morgan fingerprint density at radius 1 is 1.43 bits per heavy atom. The summed E-state index contributed by atoms with van der Waals surface area (Å²) in [4.78, 5) is -0.0122. The van der Waals surface area contributed by atoms with Crippen LogP contribution in [0.25, 0.3) is 0 Å². The van der Waals surface area contributed by atoms with Crippen LogP contribution in [-0.2, 0) is 10.0 Å². The van der Waals surface area contributed by atoms with Crippen LogP contribution in [0.4, 0.5) is 0 Å². The van der Waals surface area contributed by atoms with Crippen molar-refractivity contribution in [3.8, 4) is 5.75 Å². The van der Waals surface area contributed by atoms with Crippen LogP contribution in [0.1, 0.15) is 0 Å². The van der Waals surface area contributed by atoms with E-state index in [0.29, 0.717) is 0 Å². The van der Waals surface area contributed by atoms with Crippen molar-refractivity contribution in [1.82, 2.24) is 0 Å². The lowest BCUT2D eigenvalue weighted by Crippen LogP contribution is -2.13. The van der Waals surface area contributed by atoms with E-state index in [-0.39, 0.29) is 17.3 Å². The molecule has 1 rings (SSSR count). The quantitative estimate of drug-likeness (QED) is 0.755. The van der Waals surface area contributed by atoms with Gasteiger partial charge in [0.2, 0.25) is 10.0 Å². The Bertz CT molecular complexity index is 425. The minimum absolute atomic E-state index is 0.0122. The van der Waals surface area contributed by atoms with Crippen molar-refractivity contribution in [2.45, 2.75) is 4.90 Å². The second-order valence-corrected chi connectivity index (χ2v) is 4.12. The summed E-state index contributed by atoms with van der Waals surface area (Å²) in [5.41, 5.74) is 0. The fourth-order valence-corrected chi connectivity index (χ4v) is 1.63. The van der Waals surface area contributed by atoms with Gasteiger partial charge >= 0.3 is 0 Å². The van der Waals surface area contributed by atoms with Crippen LogP contribution in [0.15, 0.2) is 41.8 Å². The van der Waals surface area contributed by atoms with Crippen LogP contribution in [0.2, 0.25) is 0 Å². The van der Waals surface area contributed by atoms with Gasteiger partial charge in [-0.1, -0.05) is 24.8 Å². The summed E-state index contributed by atoms with van der Waals surface area (Å²) in [5.74, 6) is 0.245. The molecule has 0 bridgehead atoms. The fraction of sp³-hybridized carbons (Fsp3) is 0.111. The third-order valence-electron chi connectivity index (χ3n) is 1.51. The number of hydrogen-bond acceptors (Lipinski definition) is 3. The minimum atomic E-state index is -3.72. The average molecular weight is 213 g/mol. The first kappa shape index (κ1) is 10.7. The van der Waals surface area contributed by atoms with E-state index in [4.69, 9.17) is 9.88 Å². The van der Waals surface area contributed by atoms with Gasteiger partial charge in [-0.3, -0.25) is 0 Å². The first-order valence-corrected chi connectivity index (χ1v) is 5.46. The molecule has 76 valence electrons. The molecular weight excluding hydrogens is 202 g/mol. The number of nitrogens with two attached hydrogens (primary N) is 1. The number of primary sulfonamides is 1. The number of benzene rings is 1. The maximum absolute atomic E-state index is 11.1. The number of sulfonamides is 1. The molecule has 1 aromatic rings. The van der Waals surface area contributed by atoms with Gasteiger partial charge in [0, 0.05) is 0 Å². The zero-order chi connectivity index (χ0) is 10.6. The number of rotatable bonds is 4. The molecule has 0 heterocycles. The Hall–Kier alpha value is -1.33. The van der Waals surface area contributed by atoms with Gasteiger partial charge in [-0.15, -0.1) is 0 Å².